The minimum atomic E-state index is -2.79. The van der Waals surface area contributed by atoms with Crippen LogP contribution in [-0.2, 0) is 33.5 Å². The van der Waals surface area contributed by atoms with Crippen LogP contribution in [0.1, 0.15) is 139 Å². The zero-order chi connectivity index (χ0) is 49.4. The number of allylic oxidation sites excluding steroid dienone is 11. The van der Waals surface area contributed by atoms with Crippen LogP contribution in [0.4, 0.5) is 0 Å². The van der Waals surface area contributed by atoms with Crippen molar-refractivity contribution < 1.29 is 43.8 Å². The van der Waals surface area contributed by atoms with Crippen molar-refractivity contribution in [2.45, 2.75) is 145 Å². The van der Waals surface area contributed by atoms with Gasteiger partial charge in [-0.05, 0) is 105 Å². The highest BCUT2D eigenvalue weighted by Gasteiger charge is 2.61. The van der Waals surface area contributed by atoms with E-state index in [1.165, 1.54) is 50.5 Å². The van der Waals surface area contributed by atoms with Gasteiger partial charge < -0.3 is 24.6 Å². The molecule has 13 heteroatoms. The molecule has 0 aromatic rings. The lowest BCUT2D eigenvalue weighted by molar-refractivity contribution is -0.365. The first kappa shape index (κ1) is 51.7. The summed E-state index contributed by atoms with van der Waals surface area (Å²) < 4.78 is 16.7. The maximum absolute atomic E-state index is 14.0. The highest BCUT2D eigenvalue weighted by atomic mass is 17.2. The Morgan fingerprint density at radius 1 is 0.941 bits per heavy atom. The van der Waals surface area contributed by atoms with Crippen molar-refractivity contribution in [3.8, 4) is 0 Å². The van der Waals surface area contributed by atoms with Gasteiger partial charge in [0.1, 0.15) is 6.61 Å². The number of aliphatic hydroxyl groups excluding tert-OH is 1. The van der Waals surface area contributed by atoms with Gasteiger partial charge in [0.2, 0.25) is 0 Å². The highest BCUT2D eigenvalue weighted by molar-refractivity contribution is 6.33. The zero-order valence-corrected chi connectivity index (χ0v) is 41.8. The van der Waals surface area contributed by atoms with Gasteiger partial charge in [-0.3, -0.25) is 4.79 Å². The lowest BCUT2D eigenvalue weighted by Gasteiger charge is -2.35. The molecule has 0 saturated carbocycles. The summed E-state index contributed by atoms with van der Waals surface area (Å²) in [6, 6.07) is 0. The van der Waals surface area contributed by atoms with Gasteiger partial charge in [0.15, 0.2) is 0 Å². The molecular formula is C55H72N4O9. The number of aliphatic imine (C=N–C) groups is 3. The first-order valence-electron chi connectivity index (χ1n) is 24.5. The molecule has 2 fully saturated rings. The van der Waals surface area contributed by atoms with Crippen LogP contribution in [0.5, 0.6) is 0 Å². The van der Waals surface area contributed by atoms with Crippen LogP contribution < -0.4 is 5.32 Å². The number of methoxy groups -OCH3 is 1. The number of rotatable bonds is 21. The van der Waals surface area contributed by atoms with E-state index in [1.807, 2.05) is 39.0 Å². The van der Waals surface area contributed by atoms with Gasteiger partial charge in [0.05, 0.1) is 58.7 Å². The van der Waals surface area contributed by atoms with E-state index in [-0.39, 0.29) is 42.2 Å². The van der Waals surface area contributed by atoms with Gasteiger partial charge in [-0.15, -0.1) is 0 Å². The predicted molar refractivity (Wildman–Crippen MR) is 266 cm³/mol. The van der Waals surface area contributed by atoms with Crippen molar-refractivity contribution >= 4 is 35.0 Å². The Morgan fingerprint density at radius 2 is 1.63 bits per heavy atom. The monoisotopic (exact) mass is 933 g/mol. The van der Waals surface area contributed by atoms with Gasteiger partial charge >= 0.3 is 23.7 Å². The third-order valence-electron chi connectivity index (χ3n) is 14.3. The van der Waals surface area contributed by atoms with Crippen molar-refractivity contribution in [1.29, 1.82) is 0 Å². The molecule has 0 radical (unpaired) electrons. The summed E-state index contributed by atoms with van der Waals surface area (Å²) in [4.78, 5) is 61.1. The van der Waals surface area contributed by atoms with Crippen LogP contribution in [0.15, 0.2) is 131 Å². The predicted octanol–water partition coefficient (Wildman–Crippen LogP) is 11.7. The Balaban J connectivity index is 1.27. The molecule has 0 aliphatic carbocycles. The quantitative estimate of drug-likeness (QED) is 0.0251. The van der Waals surface area contributed by atoms with Crippen molar-refractivity contribution in [3.63, 3.8) is 0 Å². The SMILES string of the molecule is C=CC1=C(C)C2=NC1=CC1=NC(=C(CC)/C1=C/O)C=C1N=C3C(=C1C)C(=O)O[C@@](OO)(C(=O)OC)C3=C1NC(=C2)[C@H](C)[C@H]1CCC(=O)OC/C=C(\C)CCC[C@H](C)CCC[C@H](C)CCCC(C)C. The number of hydrogen-bond acceptors (Lipinski definition) is 13. The van der Waals surface area contributed by atoms with E-state index in [1.54, 1.807) is 19.1 Å². The number of carbonyl (C=O) groups excluding carboxylic acids is 3. The third-order valence-corrected chi connectivity index (χ3v) is 14.3. The molecule has 6 aliphatic heterocycles. The maximum Gasteiger partial charge on any atom is 0.387 e. The molecule has 366 valence electrons. The summed E-state index contributed by atoms with van der Waals surface area (Å²) in [6.45, 7) is 23.2. The number of cyclic esters (lactones) is 1. The van der Waals surface area contributed by atoms with Crippen molar-refractivity contribution in [2.75, 3.05) is 13.7 Å². The Bertz CT molecular complexity index is 2450. The number of esters is 3. The number of nitrogens with one attached hydrogen (secondary N) is 1. The first-order chi connectivity index (χ1) is 32.5. The summed E-state index contributed by atoms with van der Waals surface area (Å²) in [6.07, 6.45) is 21.9. The molecule has 8 bridgehead atoms. The van der Waals surface area contributed by atoms with Crippen LogP contribution >= 0.6 is 0 Å². The second-order valence-corrected chi connectivity index (χ2v) is 19.6. The Morgan fingerprint density at radius 3 is 2.26 bits per heavy atom. The maximum atomic E-state index is 14.0. The van der Waals surface area contributed by atoms with E-state index in [0.717, 1.165) is 54.8 Å². The van der Waals surface area contributed by atoms with Gasteiger partial charge in [-0.25, -0.2) is 29.8 Å². The molecule has 0 unspecified atom stereocenters. The standard InChI is InChI=1S/C55H72N4O9/c1-12-38-35(8)42-27-43-36(9)40(23-24-48(61)66-26-25-34(7)22-16-21-33(6)20-15-19-32(5)18-14-17-31(3)4)51(58-43)50-52-49(53(62)67-55(50,68-64)54(63)65-11)37(10)44(59-52)28-46-39(13-2)41(30-60)47(57-46)29-45(38)56-42/h12,25,27-33,36,40,58,60,64H,1,13-24,26H2,2-11H3/b34-25+,41-30-,43-27?,44-28?,45-29?,51-50?/t32-,33-,36-,40-,55+/m1/s1. The van der Waals surface area contributed by atoms with Crippen LogP contribution in [-0.4, -0.2) is 64.9 Å². The van der Waals surface area contributed by atoms with Gasteiger partial charge in [-0.2, -0.15) is 4.89 Å². The summed E-state index contributed by atoms with van der Waals surface area (Å²) in [7, 11) is 1.09. The number of hydrogen-bond donors (Lipinski definition) is 3. The minimum Gasteiger partial charge on any atom is -0.515 e. The fourth-order valence-electron chi connectivity index (χ4n) is 10.1. The molecule has 2 saturated heterocycles. The molecule has 3 N–H and O–H groups in total. The van der Waals surface area contributed by atoms with E-state index >= 15 is 0 Å². The molecule has 6 aliphatic rings. The Hall–Kier alpha value is -5.66. The number of fused-ring (bicyclic) bond motifs is 5. The Labute approximate surface area is 402 Å². The molecule has 0 amide bonds. The normalized spacial score (nSPS) is 23.9. The van der Waals surface area contributed by atoms with Crippen LogP contribution in [0.25, 0.3) is 0 Å². The fourth-order valence-corrected chi connectivity index (χ4v) is 10.1. The lowest BCUT2D eigenvalue weighted by Crippen LogP contribution is -2.55. The zero-order valence-electron chi connectivity index (χ0n) is 41.8. The molecule has 13 nitrogen and oxygen atoms in total. The second kappa shape index (κ2) is 22.6. The Kier molecular flexibility index (Phi) is 17.2. The number of aliphatic hydroxyl groups is 1. The fraction of sp³-hybridized carbons (Fsp3) is 0.527. The highest BCUT2D eigenvalue weighted by Crippen LogP contribution is 2.48. The van der Waals surface area contributed by atoms with Gasteiger partial charge in [0.25, 0.3) is 0 Å². The van der Waals surface area contributed by atoms with E-state index in [9.17, 15) is 24.7 Å². The first-order valence-corrected chi connectivity index (χ1v) is 24.5. The molecule has 5 atom stereocenters. The van der Waals surface area contributed by atoms with E-state index in [2.05, 4.69) is 46.5 Å². The topological polar surface area (TPSA) is 178 Å². The van der Waals surface area contributed by atoms with Crippen molar-refractivity contribution in [3.05, 3.63) is 116 Å². The molecular weight excluding hydrogens is 861 g/mol. The molecule has 68 heavy (non-hydrogen) atoms. The molecule has 0 spiro atoms. The average molecular weight is 933 g/mol. The minimum absolute atomic E-state index is 0.00792. The smallest absolute Gasteiger partial charge is 0.387 e. The van der Waals surface area contributed by atoms with E-state index < -0.39 is 29.6 Å². The summed E-state index contributed by atoms with van der Waals surface area (Å²) >= 11 is 0. The van der Waals surface area contributed by atoms with Crippen LogP contribution in [0.3, 0.4) is 0 Å². The largest absolute Gasteiger partial charge is 0.515 e. The third kappa shape index (κ3) is 10.9. The van der Waals surface area contributed by atoms with Gasteiger partial charge in [0, 0.05) is 40.8 Å². The molecule has 6 heterocycles. The van der Waals surface area contributed by atoms with Gasteiger partial charge in [-0.1, -0.05) is 105 Å². The van der Waals surface area contributed by atoms with Crippen LogP contribution in [0.2, 0.25) is 0 Å². The lowest BCUT2D eigenvalue weighted by atomic mass is 9.82. The van der Waals surface area contributed by atoms with Crippen LogP contribution in [0, 0.1) is 29.6 Å². The average Bonchev–Trinajstić information content (AvgIpc) is 4.00. The van der Waals surface area contributed by atoms with E-state index in [0.29, 0.717) is 63.4 Å². The summed E-state index contributed by atoms with van der Waals surface area (Å²) in [5, 5.41) is 24.7. The molecule has 0 aromatic heterocycles. The summed E-state index contributed by atoms with van der Waals surface area (Å²) in [5.41, 5.74) is 7.99. The van der Waals surface area contributed by atoms with E-state index in [4.69, 9.17) is 34.1 Å². The number of carbonyl (C=O) groups is 3. The molecule has 0 aromatic carbocycles. The number of nitrogens with zero attached hydrogens (tertiary/aromatic N) is 3. The number of ether oxygens (including phenoxy) is 3. The van der Waals surface area contributed by atoms with Crippen molar-refractivity contribution in [2.24, 2.45) is 44.6 Å². The second-order valence-electron chi connectivity index (χ2n) is 19.6. The van der Waals surface area contributed by atoms with Crippen molar-refractivity contribution in [1.82, 2.24) is 5.32 Å². The molecule has 6 rings (SSSR count). The summed E-state index contributed by atoms with van der Waals surface area (Å²) in [5.74, 6) is -4.02.